The molecule has 1 radical (unpaired) electrons. The Morgan fingerprint density at radius 3 is 3.00 bits per heavy atom. The third-order valence-electron chi connectivity index (χ3n) is 1.52. The largest absolute Gasteiger partial charge is 0.481 e. The van der Waals surface area contributed by atoms with Gasteiger partial charge in [0.05, 0.1) is 6.42 Å². The third kappa shape index (κ3) is 2.08. The zero-order chi connectivity index (χ0) is 8.27. The average molecular weight is 149 g/mol. The maximum atomic E-state index is 10.3. The van der Waals surface area contributed by atoms with Gasteiger partial charge in [-0.2, -0.15) is 0 Å². The van der Waals surface area contributed by atoms with Crippen LogP contribution in [0, 0.1) is 13.0 Å². The molecule has 0 heterocycles. The summed E-state index contributed by atoms with van der Waals surface area (Å²) in [6.45, 7) is 1.86. The zero-order valence-corrected chi connectivity index (χ0v) is 6.29. The molecule has 0 atom stereocenters. The molecule has 0 amide bonds. The van der Waals surface area contributed by atoms with Crippen molar-refractivity contribution in [3.8, 4) is 0 Å². The van der Waals surface area contributed by atoms with Gasteiger partial charge in [0.2, 0.25) is 0 Å². The molecule has 1 rings (SSSR count). The van der Waals surface area contributed by atoms with Crippen molar-refractivity contribution >= 4 is 5.97 Å². The van der Waals surface area contributed by atoms with Gasteiger partial charge in [-0.25, -0.2) is 0 Å². The van der Waals surface area contributed by atoms with Crippen molar-refractivity contribution in [2.24, 2.45) is 0 Å². The number of carbonyl (C=O) groups is 1. The van der Waals surface area contributed by atoms with Crippen molar-refractivity contribution in [3.63, 3.8) is 0 Å². The minimum absolute atomic E-state index is 0.0865. The molecular weight excluding hydrogens is 140 g/mol. The van der Waals surface area contributed by atoms with Gasteiger partial charge in [-0.05, 0) is 24.1 Å². The highest BCUT2D eigenvalue weighted by Gasteiger charge is 2.01. The Bertz CT molecular complexity index is 266. The van der Waals surface area contributed by atoms with E-state index in [9.17, 15) is 4.79 Å². The maximum Gasteiger partial charge on any atom is 0.307 e. The Morgan fingerprint density at radius 1 is 1.73 bits per heavy atom. The molecule has 1 aromatic rings. The number of hydrogen-bond acceptors (Lipinski definition) is 1. The number of hydrogen-bond donors (Lipinski definition) is 1. The molecule has 2 heteroatoms. The van der Waals surface area contributed by atoms with Crippen molar-refractivity contribution in [3.05, 3.63) is 35.4 Å². The highest BCUT2D eigenvalue weighted by atomic mass is 16.4. The van der Waals surface area contributed by atoms with Crippen LogP contribution in [-0.4, -0.2) is 11.1 Å². The molecule has 0 saturated carbocycles. The topological polar surface area (TPSA) is 37.3 Å². The minimum Gasteiger partial charge on any atom is -0.481 e. The van der Waals surface area contributed by atoms with Crippen LogP contribution in [0.4, 0.5) is 0 Å². The van der Waals surface area contributed by atoms with Gasteiger partial charge >= 0.3 is 5.97 Å². The second kappa shape index (κ2) is 3.19. The van der Waals surface area contributed by atoms with Crippen LogP contribution in [0.1, 0.15) is 11.1 Å². The van der Waals surface area contributed by atoms with Crippen LogP contribution in [-0.2, 0) is 11.2 Å². The summed E-state index contributed by atoms with van der Waals surface area (Å²) in [5.41, 5.74) is 1.75. The summed E-state index contributed by atoms with van der Waals surface area (Å²) >= 11 is 0. The number of carboxylic acid groups (broad SMARTS) is 1. The molecule has 0 aliphatic heterocycles. The maximum absolute atomic E-state index is 10.3. The van der Waals surface area contributed by atoms with Crippen molar-refractivity contribution < 1.29 is 9.90 Å². The molecule has 11 heavy (non-hydrogen) atoms. The van der Waals surface area contributed by atoms with E-state index in [1.807, 2.05) is 6.92 Å². The van der Waals surface area contributed by atoms with E-state index >= 15 is 0 Å². The van der Waals surface area contributed by atoms with E-state index in [1.54, 1.807) is 18.2 Å². The SMILES string of the molecule is Cc1[c]cccc1CC(=O)O. The first-order chi connectivity index (χ1) is 5.20. The summed E-state index contributed by atoms with van der Waals surface area (Å²) in [5.74, 6) is -0.798. The molecule has 0 saturated heterocycles. The lowest BCUT2D eigenvalue weighted by molar-refractivity contribution is -0.136. The molecule has 0 aliphatic rings. The van der Waals surface area contributed by atoms with E-state index in [4.69, 9.17) is 5.11 Å². The van der Waals surface area contributed by atoms with Crippen molar-refractivity contribution in [1.29, 1.82) is 0 Å². The van der Waals surface area contributed by atoms with Gasteiger partial charge in [-0.1, -0.05) is 18.2 Å². The smallest absolute Gasteiger partial charge is 0.307 e. The average Bonchev–Trinajstić information content (AvgIpc) is 1.93. The van der Waals surface area contributed by atoms with Crippen LogP contribution in [0.15, 0.2) is 18.2 Å². The molecule has 57 valence electrons. The fraction of sp³-hybridized carbons (Fsp3) is 0.222. The first-order valence-electron chi connectivity index (χ1n) is 3.38. The van der Waals surface area contributed by atoms with Crippen molar-refractivity contribution in [2.75, 3.05) is 0 Å². The lowest BCUT2D eigenvalue weighted by Crippen LogP contribution is -2.01. The van der Waals surface area contributed by atoms with E-state index in [2.05, 4.69) is 6.07 Å². The molecular formula is C9H9O2. The van der Waals surface area contributed by atoms with Gasteiger partial charge < -0.3 is 5.11 Å². The highest BCUT2D eigenvalue weighted by Crippen LogP contribution is 2.06. The molecule has 2 nitrogen and oxygen atoms in total. The second-order valence-electron chi connectivity index (χ2n) is 2.39. The highest BCUT2D eigenvalue weighted by molar-refractivity contribution is 5.70. The summed E-state index contributed by atoms with van der Waals surface area (Å²) in [6, 6.07) is 8.32. The standard InChI is InChI=1S/C9H9O2/c1-7-4-2-3-5-8(7)6-9(10)11/h2-3,5H,6H2,1H3,(H,10,11). The summed E-state index contributed by atoms with van der Waals surface area (Å²) < 4.78 is 0. The minimum atomic E-state index is -0.798. The molecule has 0 fully saturated rings. The number of rotatable bonds is 2. The van der Waals surface area contributed by atoms with E-state index in [0.717, 1.165) is 11.1 Å². The van der Waals surface area contributed by atoms with Gasteiger partial charge in [-0.15, -0.1) is 0 Å². The fourth-order valence-corrected chi connectivity index (χ4v) is 0.910. The summed E-state index contributed by atoms with van der Waals surface area (Å²) in [7, 11) is 0. The van der Waals surface area contributed by atoms with Gasteiger partial charge in [0.25, 0.3) is 0 Å². The normalized spacial score (nSPS) is 9.55. The predicted octanol–water partition coefficient (Wildman–Crippen LogP) is 1.42. The summed E-state index contributed by atoms with van der Waals surface area (Å²) in [6.07, 6.45) is 0.0865. The molecule has 0 bridgehead atoms. The van der Waals surface area contributed by atoms with Crippen LogP contribution in [0.3, 0.4) is 0 Å². The lowest BCUT2D eigenvalue weighted by atomic mass is 10.1. The van der Waals surface area contributed by atoms with Crippen LogP contribution in [0.2, 0.25) is 0 Å². The van der Waals surface area contributed by atoms with Gasteiger partial charge in [-0.3, -0.25) is 4.79 Å². The molecule has 0 aliphatic carbocycles. The molecule has 0 aromatic heterocycles. The summed E-state index contributed by atoms with van der Waals surface area (Å²) in [4.78, 5) is 10.3. The third-order valence-corrected chi connectivity index (χ3v) is 1.52. The summed E-state index contributed by atoms with van der Waals surface area (Å²) in [5, 5.41) is 8.48. The van der Waals surface area contributed by atoms with Gasteiger partial charge in [0.15, 0.2) is 0 Å². The Balaban J connectivity index is 2.86. The first kappa shape index (κ1) is 7.79. The predicted molar refractivity (Wildman–Crippen MR) is 41.4 cm³/mol. The van der Waals surface area contributed by atoms with E-state index in [1.165, 1.54) is 0 Å². The number of benzene rings is 1. The molecule has 0 unspecified atom stereocenters. The Kier molecular flexibility index (Phi) is 2.26. The fourth-order valence-electron chi connectivity index (χ4n) is 0.910. The first-order valence-corrected chi connectivity index (χ1v) is 3.38. The molecule has 0 spiro atoms. The molecule has 1 N–H and O–H groups in total. The number of aliphatic carboxylic acids is 1. The van der Waals surface area contributed by atoms with E-state index < -0.39 is 5.97 Å². The van der Waals surface area contributed by atoms with Crippen LogP contribution >= 0.6 is 0 Å². The van der Waals surface area contributed by atoms with Crippen LogP contribution in [0.5, 0.6) is 0 Å². The number of carboxylic acids is 1. The van der Waals surface area contributed by atoms with E-state index in [0.29, 0.717) is 0 Å². The lowest BCUT2D eigenvalue weighted by Gasteiger charge is -1.99. The van der Waals surface area contributed by atoms with Crippen molar-refractivity contribution in [2.45, 2.75) is 13.3 Å². The quantitative estimate of drug-likeness (QED) is 0.690. The van der Waals surface area contributed by atoms with Gasteiger partial charge in [0.1, 0.15) is 0 Å². The Labute approximate surface area is 65.5 Å². The van der Waals surface area contributed by atoms with Crippen LogP contribution in [0.25, 0.3) is 0 Å². The zero-order valence-electron chi connectivity index (χ0n) is 6.29. The molecule has 1 aromatic carbocycles. The second-order valence-corrected chi connectivity index (χ2v) is 2.39. The number of aryl methyl sites for hydroxylation is 1. The van der Waals surface area contributed by atoms with Crippen LogP contribution < -0.4 is 0 Å². The monoisotopic (exact) mass is 149 g/mol. The van der Waals surface area contributed by atoms with Crippen molar-refractivity contribution in [1.82, 2.24) is 0 Å². The van der Waals surface area contributed by atoms with E-state index in [-0.39, 0.29) is 6.42 Å². The van der Waals surface area contributed by atoms with Gasteiger partial charge in [0, 0.05) is 0 Å². The Hall–Kier alpha value is -1.31. The Morgan fingerprint density at radius 2 is 2.45 bits per heavy atom.